The number of para-hydroxylation sites is 4. The van der Waals surface area contributed by atoms with Crippen molar-refractivity contribution < 1.29 is 9.59 Å². The molecule has 2 heterocycles. The highest BCUT2D eigenvalue weighted by Crippen LogP contribution is 2.27. The molecule has 0 aliphatic heterocycles. The van der Waals surface area contributed by atoms with Crippen LogP contribution in [0.5, 0.6) is 0 Å². The van der Waals surface area contributed by atoms with Crippen LogP contribution in [-0.4, -0.2) is 30.9 Å². The van der Waals surface area contributed by atoms with Gasteiger partial charge in [-0.1, -0.05) is 24.3 Å². The van der Waals surface area contributed by atoms with Crippen molar-refractivity contribution in [1.29, 1.82) is 0 Å². The molecule has 0 aliphatic rings. The molecule has 10 nitrogen and oxygen atoms in total. The van der Waals surface area contributed by atoms with Crippen LogP contribution < -0.4 is 22.5 Å². The number of fused-ring (bicyclic) bond motifs is 2. The minimum absolute atomic E-state index is 0.0430. The Balaban J connectivity index is 1.98. The highest BCUT2D eigenvalue weighted by Gasteiger charge is 2.22. The van der Waals surface area contributed by atoms with Gasteiger partial charge in [0.05, 0.1) is 22.1 Å². The van der Waals surface area contributed by atoms with E-state index in [4.69, 9.17) is 11.7 Å². The van der Waals surface area contributed by atoms with Crippen LogP contribution in [-0.2, 0) is 22.7 Å². The fourth-order valence-corrected chi connectivity index (χ4v) is 3.19. The van der Waals surface area contributed by atoms with Crippen molar-refractivity contribution in [2.45, 2.75) is 13.1 Å². The molecule has 2 aromatic heterocycles. The first-order valence-corrected chi connectivity index (χ1v) is 8.52. The molecule has 6 N–H and O–H groups in total. The average molecular weight is 378 g/mol. The molecule has 0 fully saturated rings. The summed E-state index contributed by atoms with van der Waals surface area (Å²) >= 11 is 0. The summed E-state index contributed by atoms with van der Waals surface area (Å²) in [5.41, 5.74) is 7.17. The van der Waals surface area contributed by atoms with Gasteiger partial charge in [-0.2, -0.15) is 0 Å². The Labute approximate surface area is 159 Å². The molecule has 0 radical (unpaired) electrons. The molecule has 0 unspecified atom stereocenters. The van der Waals surface area contributed by atoms with Crippen molar-refractivity contribution in [1.82, 2.24) is 30.0 Å². The van der Waals surface area contributed by atoms with E-state index in [-0.39, 0.29) is 24.9 Å². The van der Waals surface area contributed by atoms with E-state index in [1.807, 2.05) is 48.5 Å². The Bertz CT molecular complexity index is 1100. The fraction of sp³-hybridized carbons (Fsp3) is 0.111. The van der Waals surface area contributed by atoms with E-state index in [0.717, 1.165) is 11.0 Å². The number of carbonyl (C=O) groups is 2. The van der Waals surface area contributed by atoms with E-state index in [1.54, 1.807) is 9.13 Å². The van der Waals surface area contributed by atoms with Gasteiger partial charge in [0.15, 0.2) is 11.6 Å². The summed E-state index contributed by atoms with van der Waals surface area (Å²) in [5, 5.41) is 0. The minimum Gasteiger partial charge on any atom is -0.312 e. The first kappa shape index (κ1) is 17.6. The molecule has 142 valence electrons. The molecule has 10 heteroatoms. The summed E-state index contributed by atoms with van der Waals surface area (Å²) in [6.45, 7) is -0.0860. The van der Waals surface area contributed by atoms with E-state index < -0.39 is 0 Å². The Morgan fingerprint density at radius 2 is 1.14 bits per heavy atom. The van der Waals surface area contributed by atoms with Crippen LogP contribution in [0, 0.1) is 0 Å². The van der Waals surface area contributed by atoms with Crippen molar-refractivity contribution in [2.24, 2.45) is 11.7 Å². The van der Waals surface area contributed by atoms with Crippen molar-refractivity contribution in [3.05, 3.63) is 48.5 Å². The van der Waals surface area contributed by atoms with Gasteiger partial charge in [-0.15, -0.1) is 0 Å². The van der Waals surface area contributed by atoms with Crippen molar-refractivity contribution in [3.63, 3.8) is 0 Å². The lowest BCUT2D eigenvalue weighted by Gasteiger charge is -2.10. The number of imidazole rings is 2. The van der Waals surface area contributed by atoms with E-state index in [0.29, 0.717) is 22.7 Å². The zero-order chi connectivity index (χ0) is 19.7. The molecule has 4 aromatic rings. The summed E-state index contributed by atoms with van der Waals surface area (Å²) in [7, 11) is 0. The Morgan fingerprint density at radius 1 is 0.750 bits per heavy atom. The molecule has 2 amide bonds. The summed E-state index contributed by atoms with van der Waals surface area (Å²) in [6, 6.07) is 14.8. The van der Waals surface area contributed by atoms with Gasteiger partial charge in [0, 0.05) is 0 Å². The van der Waals surface area contributed by atoms with Crippen molar-refractivity contribution >= 4 is 33.9 Å². The molecule has 4 rings (SSSR count). The van der Waals surface area contributed by atoms with E-state index in [9.17, 15) is 9.59 Å². The van der Waals surface area contributed by atoms with E-state index in [2.05, 4.69) is 20.8 Å². The zero-order valence-electron chi connectivity index (χ0n) is 14.8. The van der Waals surface area contributed by atoms with Crippen LogP contribution in [0.15, 0.2) is 48.5 Å². The molecule has 28 heavy (non-hydrogen) atoms. The molecule has 0 saturated heterocycles. The van der Waals surface area contributed by atoms with Gasteiger partial charge < -0.3 is 9.13 Å². The fourth-order valence-electron chi connectivity index (χ4n) is 3.19. The molecule has 2 aromatic carbocycles. The summed E-state index contributed by atoms with van der Waals surface area (Å²) in [5.74, 6) is 10.7. The van der Waals surface area contributed by atoms with Crippen LogP contribution in [0.1, 0.15) is 0 Å². The standard InChI is InChI=1S/C18H18N8O2/c19-23-15(27)9-25-13-7-3-1-5-11(13)21-17(25)18-22-12-6-2-4-8-14(12)26(18)10-16(28)24-20/h1-8H,9-10,19-20H2,(H,23,27)(H,24,28). The molecule has 0 saturated carbocycles. The number of aromatic nitrogens is 4. The summed E-state index contributed by atoms with van der Waals surface area (Å²) in [4.78, 5) is 33.3. The highest BCUT2D eigenvalue weighted by molar-refractivity contribution is 5.87. The van der Waals surface area contributed by atoms with Crippen LogP contribution in [0.25, 0.3) is 33.7 Å². The number of hydrogen-bond donors (Lipinski definition) is 4. The Kier molecular flexibility index (Phi) is 4.47. The summed E-state index contributed by atoms with van der Waals surface area (Å²) < 4.78 is 3.44. The van der Waals surface area contributed by atoms with Gasteiger partial charge in [0.1, 0.15) is 13.1 Å². The molecule has 0 aliphatic carbocycles. The second-order valence-electron chi connectivity index (χ2n) is 6.16. The monoisotopic (exact) mass is 378 g/mol. The zero-order valence-corrected chi connectivity index (χ0v) is 14.8. The van der Waals surface area contributed by atoms with Gasteiger partial charge in [0.25, 0.3) is 11.8 Å². The Hall–Kier alpha value is -3.76. The van der Waals surface area contributed by atoms with Crippen LogP contribution in [0.3, 0.4) is 0 Å². The first-order chi connectivity index (χ1) is 13.6. The largest absolute Gasteiger partial charge is 0.312 e. The third-order valence-electron chi connectivity index (χ3n) is 4.43. The second kappa shape index (κ2) is 7.10. The summed E-state index contributed by atoms with van der Waals surface area (Å²) in [6.07, 6.45) is 0. The number of nitrogens with one attached hydrogen (secondary N) is 2. The SMILES string of the molecule is NNC(=O)Cn1c(-c2nc3ccccc3n2CC(=O)NN)nc2ccccc21. The van der Waals surface area contributed by atoms with Crippen molar-refractivity contribution in [3.8, 4) is 11.6 Å². The number of hydrogen-bond acceptors (Lipinski definition) is 6. The number of nitrogens with zero attached hydrogens (tertiary/aromatic N) is 4. The lowest BCUT2D eigenvalue weighted by atomic mass is 10.3. The quantitative estimate of drug-likeness (QED) is 0.219. The molecule has 0 spiro atoms. The average Bonchev–Trinajstić information content (AvgIpc) is 3.26. The van der Waals surface area contributed by atoms with Gasteiger partial charge in [-0.25, -0.2) is 21.7 Å². The van der Waals surface area contributed by atoms with Gasteiger partial charge in [-0.3, -0.25) is 20.4 Å². The van der Waals surface area contributed by atoms with Gasteiger partial charge >= 0.3 is 0 Å². The molecular formula is C18H18N8O2. The van der Waals surface area contributed by atoms with Crippen LogP contribution in [0.2, 0.25) is 0 Å². The van der Waals surface area contributed by atoms with Crippen LogP contribution in [0.4, 0.5) is 0 Å². The topological polar surface area (TPSA) is 146 Å². The maximum Gasteiger partial charge on any atom is 0.253 e. The number of rotatable bonds is 5. The van der Waals surface area contributed by atoms with Gasteiger partial charge in [-0.05, 0) is 24.3 Å². The number of nitrogens with two attached hydrogens (primary N) is 2. The lowest BCUT2D eigenvalue weighted by molar-refractivity contribution is -0.122. The van der Waals surface area contributed by atoms with E-state index >= 15 is 0 Å². The van der Waals surface area contributed by atoms with E-state index in [1.165, 1.54) is 0 Å². The third-order valence-corrected chi connectivity index (χ3v) is 4.43. The van der Waals surface area contributed by atoms with Crippen LogP contribution >= 0.6 is 0 Å². The maximum absolute atomic E-state index is 12.0. The molecular weight excluding hydrogens is 360 g/mol. The lowest BCUT2D eigenvalue weighted by Crippen LogP contribution is -2.34. The molecule has 0 bridgehead atoms. The van der Waals surface area contributed by atoms with Gasteiger partial charge in [0.2, 0.25) is 0 Å². The normalized spacial score (nSPS) is 11.1. The predicted octanol–water partition coefficient (Wildman–Crippen LogP) is 0.0328. The number of hydrazine groups is 2. The third kappa shape index (κ3) is 2.96. The maximum atomic E-state index is 12.0. The second-order valence-corrected chi connectivity index (χ2v) is 6.16. The molecule has 0 atom stereocenters. The number of carbonyl (C=O) groups excluding carboxylic acids is 2. The number of amides is 2. The predicted molar refractivity (Wildman–Crippen MR) is 103 cm³/mol. The van der Waals surface area contributed by atoms with Crippen molar-refractivity contribution in [2.75, 3.05) is 0 Å². The number of benzene rings is 2. The minimum atomic E-state index is -0.383. The smallest absolute Gasteiger partial charge is 0.253 e. The highest BCUT2D eigenvalue weighted by atomic mass is 16.2. The Morgan fingerprint density at radius 3 is 1.54 bits per heavy atom. The first-order valence-electron chi connectivity index (χ1n) is 8.52.